The maximum Gasteiger partial charge on any atom is 0.234 e. The Bertz CT molecular complexity index is 1020. The molecule has 0 radical (unpaired) electrons. The summed E-state index contributed by atoms with van der Waals surface area (Å²) in [5.74, 6) is 1.55. The smallest absolute Gasteiger partial charge is 0.234 e. The van der Waals surface area contributed by atoms with Crippen molar-refractivity contribution in [1.29, 1.82) is 0 Å². The number of aliphatic hydroxyl groups excluding tert-OH is 1. The average Bonchev–Trinajstić information content (AvgIpc) is 3.25. The number of β-amino-alcohol motifs (C(OH)–C–C–N with tert-alkyl or cyclic N) is 1. The van der Waals surface area contributed by atoms with Crippen LogP contribution in [0.5, 0.6) is 0 Å². The summed E-state index contributed by atoms with van der Waals surface area (Å²) in [5, 5.41) is 13.8. The fourth-order valence-corrected chi connectivity index (χ4v) is 4.80. The van der Waals surface area contributed by atoms with Crippen LogP contribution in [0, 0.1) is 0 Å². The molecule has 170 valence electrons. The van der Waals surface area contributed by atoms with Crippen LogP contribution in [0.3, 0.4) is 0 Å². The monoisotopic (exact) mass is 472 g/mol. The molecule has 11 heteroatoms. The SMILES string of the molecule is CC(C)c1cnc(Nc2nc(Sc3ccc(N)cc3)nc(N3CCN(CCO)CC3)n2)s1. The summed E-state index contributed by atoms with van der Waals surface area (Å²) >= 11 is 3.08. The van der Waals surface area contributed by atoms with Gasteiger partial charge in [-0.05, 0) is 41.9 Å². The summed E-state index contributed by atoms with van der Waals surface area (Å²) in [6, 6.07) is 7.65. The molecule has 3 aromatic rings. The van der Waals surface area contributed by atoms with Crippen LogP contribution in [-0.2, 0) is 0 Å². The van der Waals surface area contributed by atoms with E-state index in [4.69, 9.17) is 15.7 Å². The molecule has 2 aromatic heterocycles. The van der Waals surface area contributed by atoms with E-state index in [-0.39, 0.29) is 6.61 Å². The third-order valence-corrected chi connectivity index (χ3v) is 7.16. The average molecular weight is 473 g/mol. The summed E-state index contributed by atoms with van der Waals surface area (Å²) in [5.41, 5.74) is 6.54. The molecule has 0 unspecified atom stereocenters. The Kier molecular flexibility index (Phi) is 7.40. The lowest BCUT2D eigenvalue weighted by atomic mass is 10.2. The first-order valence-corrected chi connectivity index (χ1v) is 12.2. The van der Waals surface area contributed by atoms with E-state index in [1.807, 2.05) is 30.5 Å². The number of nitrogens with one attached hydrogen (secondary N) is 1. The standard InChI is InChI=1S/C21H28N8OS2/c1-14(2)17-13-23-20(32-17)25-18-24-19(29-9-7-28(8-10-29)11-12-30)27-21(26-18)31-16-5-3-15(22)4-6-16/h3-6,13-14,30H,7-12,22H2,1-2H3,(H,23,24,25,26,27). The number of hydrogen-bond acceptors (Lipinski definition) is 11. The van der Waals surface area contributed by atoms with Crippen molar-refractivity contribution in [3.8, 4) is 0 Å². The van der Waals surface area contributed by atoms with Gasteiger partial charge in [0.1, 0.15) is 0 Å². The van der Waals surface area contributed by atoms with E-state index in [2.05, 4.69) is 38.9 Å². The molecule has 0 atom stereocenters. The van der Waals surface area contributed by atoms with Gasteiger partial charge >= 0.3 is 0 Å². The Hall–Kier alpha value is -2.47. The van der Waals surface area contributed by atoms with Gasteiger partial charge in [0.25, 0.3) is 0 Å². The Morgan fingerprint density at radius 2 is 1.88 bits per heavy atom. The summed E-state index contributed by atoms with van der Waals surface area (Å²) < 4.78 is 0. The Morgan fingerprint density at radius 1 is 1.12 bits per heavy atom. The van der Waals surface area contributed by atoms with Crippen LogP contribution >= 0.6 is 23.1 Å². The van der Waals surface area contributed by atoms with E-state index in [0.29, 0.717) is 29.5 Å². The zero-order chi connectivity index (χ0) is 22.5. The molecule has 0 amide bonds. The summed E-state index contributed by atoms with van der Waals surface area (Å²) in [7, 11) is 0. The van der Waals surface area contributed by atoms with Gasteiger partial charge in [0.15, 0.2) is 10.3 Å². The maximum absolute atomic E-state index is 9.20. The summed E-state index contributed by atoms with van der Waals surface area (Å²) in [4.78, 5) is 25.1. The highest BCUT2D eigenvalue weighted by molar-refractivity contribution is 7.99. The Labute approximate surface area is 196 Å². The van der Waals surface area contributed by atoms with Crippen LogP contribution in [0.15, 0.2) is 40.5 Å². The molecule has 3 heterocycles. The van der Waals surface area contributed by atoms with Gasteiger partial charge in [-0.2, -0.15) is 15.0 Å². The van der Waals surface area contributed by atoms with Gasteiger partial charge in [-0.25, -0.2) is 4.98 Å². The van der Waals surface area contributed by atoms with Crippen molar-refractivity contribution in [3.63, 3.8) is 0 Å². The molecule has 1 fully saturated rings. The molecular weight excluding hydrogens is 444 g/mol. The minimum atomic E-state index is 0.175. The van der Waals surface area contributed by atoms with Crippen LogP contribution in [0.4, 0.5) is 22.7 Å². The summed E-state index contributed by atoms with van der Waals surface area (Å²) in [6.07, 6.45) is 1.89. The number of nitrogen functional groups attached to an aromatic ring is 1. The van der Waals surface area contributed by atoms with Gasteiger partial charge in [0, 0.05) is 54.4 Å². The second kappa shape index (κ2) is 10.4. The van der Waals surface area contributed by atoms with Crippen LogP contribution in [0.25, 0.3) is 0 Å². The topological polar surface area (TPSA) is 116 Å². The second-order valence-electron chi connectivity index (χ2n) is 7.81. The predicted molar refractivity (Wildman–Crippen MR) is 130 cm³/mol. The molecule has 1 aliphatic rings. The van der Waals surface area contributed by atoms with Gasteiger partial charge in [-0.1, -0.05) is 13.8 Å². The van der Waals surface area contributed by atoms with Crippen molar-refractivity contribution in [1.82, 2.24) is 24.8 Å². The van der Waals surface area contributed by atoms with E-state index >= 15 is 0 Å². The van der Waals surface area contributed by atoms with Crippen LogP contribution in [-0.4, -0.2) is 69.3 Å². The van der Waals surface area contributed by atoms with Gasteiger partial charge in [0.05, 0.1) is 6.61 Å². The van der Waals surface area contributed by atoms with E-state index in [9.17, 15) is 5.11 Å². The van der Waals surface area contributed by atoms with Crippen molar-refractivity contribution >= 4 is 45.8 Å². The second-order valence-corrected chi connectivity index (χ2v) is 9.92. The molecule has 9 nitrogen and oxygen atoms in total. The fourth-order valence-electron chi connectivity index (χ4n) is 3.25. The number of nitrogens with zero attached hydrogens (tertiary/aromatic N) is 6. The normalized spacial score (nSPS) is 14.8. The number of rotatable bonds is 8. The Morgan fingerprint density at radius 3 is 2.53 bits per heavy atom. The highest BCUT2D eigenvalue weighted by Crippen LogP contribution is 2.30. The quantitative estimate of drug-likeness (QED) is 0.422. The number of hydrogen-bond donors (Lipinski definition) is 3. The lowest BCUT2D eigenvalue weighted by Crippen LogP contribution is -2.47. The van der Waals surface area contributed by atoms with Crippen molar-refractivity contribution in [2.45, 2.75) is 29.8 Å². The molecule has 1 aliphatic heterocycles. The van der Waals surface area contributed by atoms with Crippen molar-refractivity contribution in [2.75, 3.05) is 55.3 Å². The van der Waals surface area contributed by atoms with Crippen molar-refractivity contribution in [2.24, 2.45) is 0 Å². The van der Waals surface area contributed by atoms with E-state index in [1.165, 1.54) is 16.6 Å². The van der Waals surface area contributed by atoms with Crippen molar-refractivity contribution in [3.05, 3.63) is 35.3 Å². The van der Waals surface area contributed by atoms with Gasteiger partial charge in [-0.3, -0.25) is 10.2 Å². The molecule has 4 rings (SSSR count). The minimum absolute atomic E-state index is 0.175. The zero-order valence-corrected chi connectivity index (χ0v) is 19.9. The lowest BCUT2D eigenvalue weighted by Gasteiger charge is -2.34. The molecule has 0 saturated carbocycles. The van der Waals surface area contributed by atoms with E-state index in [1.54, 1.807) is 11.3 Å². The third-order valence-electron chi connectivity index (χ3n) is 5.08. The zero-order valence-electron chi connectivity index (χ0n) is 18.2. The fraction of sp³-hybridized carbons (Fsp3) is 0.429. The first-order chi connectivity index (χ1) is 15.5. The highest BCUT2D eigenvalue weighted by Gasteiger charge is 2.21. The molecule has 4 N–H and O–H groups in total. The molecule has 0 bridgehead atoms. The third kappa shape index (κ3) is 5.85. The highest BCUT2D eigenvalue weighted by atomic mass is 32.2. The number of nitrogens with two attached hydrogens (primary N) is 1. The first kappa shape index (κ1) is 22.7. The minimum Gasteiger partial charge on any atom is -0.399 e. The predicted octanol–water partition coefficient (Wildman–Crippen LogP) is 3.04. The molecule has 32 heavy (non-hydrogen) atoms. The number of anilines is 4. The first-order valence-electron chi connectivity index (χ1n) is 10.6. The number of benzene rings is 1. The molecule has 0 spiro atoms. The molecular formula is C21H28N8OS2. The largest absolute Gasteiger partial charge is 0.399 e. The van der Waals surface area contributed by atoms with Crippen molar-refractivity contribution < 1.29 is 5.11 Å². The van der Waals surface area contributed by atoms with Gasteiger partial charge < -0.3 is 15.7 Å². The summed E-state index contributed by atoms with van der Waals surface area (Å²) in [6.45, 7) is 8.48. The van der Waals surface area contributed by atoms with Gasteiger partial charge in [-0.15, -0.1) is 11.3 Å². The lowest BCUT2D eigenvalue weighted by molar-refractivity contribution is 0.188. The van der Waals surface area contributed by atoms with E-state index < -0.39 is 0 Å². The van der Waals surface area contributed by atoms with Crippen LogP contribution in [0.2, 0.25) is 0 Å². The number of thiazole rings is 1. The number of piperazine rings is 1. The molecule has 0 aliphatic carbocycles. The molecule has 1 saturated heterocycles. The number of aliphatic hydroxyl groups is 1. The van der Waals surface area contributed by atoms with Crippen LogP contribution < -0.4 is 16.0 Å². The molecule has 1 aromatic carbocycles. The van der Waals surface area contributed by atoms with Crippen LogP contribution in [0.1, 0.15) is 24.6 Å². The van der Waals surface area contributed by atoms with E-state index in [0.717, 1.165) is 41.9 Å². The maximum atomic E-state index is 9.20. The number of aromatic nitrogens is 4. The Balaban J connectivity index is 1.57. The van der Waals surface area contributed by atoms with Gasteiger partial charge in [0.2, 0.25) is 11.9 Å².